The maximum Gasteiger partial charge on any atom is 4.00 e. The van der Waals surface area contributed by atoms with E-state index in [-0.39, 0.29) is 51.0 Å². The molecule has 0 spiro atoms. The molecule has 0 aromatic heterocycles. The zero-order valence-corrected chi connectivity index (χ0v) is 24.1. The van der Waals surface area contributed by atoms with E-state index in [1.165, 1.54) is 43.8 Å². The second kappa shape index (κ2) is 16.0. The van der Waals surface area contributed by atoms with Gasteiger partial charge in [-0.25, -0.2) is 0 Å². The van der Waals surface area contributed by atoms with Gasteiger partial charge in [-0.1, -0.05) is 52.9 Å². The summed E-state index contributed by atoms with van der Waals surface area (Å²) >= 11 is 0. The number of benzene rings is 2. The Bertz CT molecular complexity index is 905. The maximum absolute atomic E-state index is 2.30. The van der Waals surface area contributed by atoms with Gasteiger partial charge in [-0.15, -0.1) is 81.2 Å². The number of fused-ring (bicyclic) bond motifs is 2. The summed E-state index contributed by atoms with van der Waals surface area (Å²) in [5.74, 6) is 0. The van der Waals surface area contributed by atoms with E-state index in [4.69, 9.17) is 0 Å². The smallest absolute Gasteiger partial charge is 1.00 e. The molecule has 4 aromatic rings. The quantitative estimate of drug-likeness (QED) is 0.269. The third-order valence-corrected chi connectivity index (χ3v) is 5.11. The second-order valence-corrected chi connectivity index (χ2v) is 8.20. The summed E-state index contributed by atoms with van der Waals surface area (Å²) in [6.07, 6.45) is 2.28. The van der Waals surface area contributed by atoms with Gasteiger partial charge in [-0.3, -0.25) is 0 Å². The Morgan fingerprint density at radius 2 is 0.967 bits per heavy atom. The molecule has 0 heterocycles. The predicted octanol–water partition coefficient (Wildman–Crippen LogP) is 1.38. The molecule has 1 radical (unpaired) electrons. The van der Waals surface area contributed by atoms with Crippen molar-refractivity contribution in [2.24, 2.45) is 0 Å². The molecule has 30 heavy (non-hydrogen) atoms. The molecule has 0 atom stereocenters. The van der Waals surface area contributed by atoms with E-state index in [1.54, 1.807) is 0 Å². The fourth-order valence-electron chi connectivity index (χ4n) is 3.60. The van der Waals surface area contributed by atoms with Gasteiger partial charge in [-0.05, 0) is 12.8 Å². The molecule has 0 saturated carbocycles. The molecule has 0 amide bonds. The maximum atomic E-state index is 2.30. The van der Waals surface area contributed by atoms with Crippen LogP contribution in [0.1, 0.15) is 36.1 Å². The first-order chi connectivity index (χ1) is 13.1. The molecular weight excluding hydrogens is 503 g/mol. The Morgan fingerprint density at radius 3 is 1.23 bits per heavy atom. The summed E-state index contributed by atoms with van der Waals surface area (Å²) < 4.78 is 0. The summed E-state index contributed by atoms with van der Waals surface area (Å²) in [4.78, 5) is 0. The number of hydrogen-bond donors (Lipinski definition) is 0. The minimum absolute atomic E-state index is 0. The Labute approximate surface area is 217 Å². The molecule has 0 aliphatic rings. The fraction of sp³-hybridized carbons (Fsp3) is 0.308. The summed E-state index contributed by atoms with van der Waals surface area (Å²) in [7, 11) is 0.750. The molecule has 0 bridgehead atoms. The molecule has 0 saturated heterocycles. The monoisotopic (exact) mass is 533 g/mol. The van der Waals surface area contributed by atoms with Crippen LogP contribution in [0.4, 0.5) is 0 Å². The molecular formula is C26H33Cl2SiZr. The van der Waals surface area contributed by atoms with E-state index in [9.17, 15) is 0 Å². The van der Waals surface area contributed by atoms with Crippen LogP contribution >= 0.6 is 0 Å². The van der Waals surface area contributed by atoms with Gasteiger partial charge < -0.3 is 24.8 Å². The van der Waals surface area contributed by atoms with Crippen LogP contribution in [-0.2, 0) is 39.0 Å². The average molecular weight is 536 g/mol. The fourth-order valence-corrected chi connectivity index (χ4v) is 3.60. The second-order valence-electron chi connectivity index (χ2n) is 7.05. The molecule has 0 aliphatic heterocycles. The van der Waals surface area contributed by atoms with E-state index >= 15 is 0 Å². The Kier molecular flexibility index (Phi) is 16.9. The van der Waals surface area contributed by atoms with Gasteiger partial charge in [0.15, 0.2) is 0 Å². The molecule has 4 heteroatoms. The Hall–Kier alpha value is -0.660. The number of halogens is 2. The third kappa shape index (κ3) is 7.79. The predicted molar refractivity (Wildman–Crippen MR) is 126 cm³/mol. The average Bonchev–Trinajstić information content (AvgIpc) is 3.20. The Balaban J connectivity index is 0. The largest absolute Gasteiger partial charge is 4.00 e. The first-order valence-electron chi connectivity index (χ1n) is 10.1. The van der Waals surface area contributed by atoms with Gasteiger partial charge in [0.05, 0.1) is 0 Å². The normalized spacial score (nSPS) is 9.27. The summed E-state index contributed by atoms with van der Waals surface area (Å²) in [5, 5.41) is 5.59. The van der Waals surface area contributed by atoms with E-state index in [0.29, 0.717) is 0 Å². The van der Waals surface area contributed by atoms with Crippen molar-refractivity contribution >= 4 is 31.1 Å². The van der Waals surface area contributed by atoms with Gasteiger partial charge in [0, 0.05) is 9.52 Å². The zero-order valence-electron chi connectivity index (χ0n) is 19.0. The molecule has 4 aromatic carbocycles. The van der Waals surface area contributed by atoms with Crippen LogP contribution in [0, 0.1) is 13.8 Å². The van der Waals surface area contributed by atoms with E-state index < -0.39 is 0 Å². The van der Waals surface area contributed by atoms with Crippen LogP contribution in [0.5, 0.6) is 0 Å². The molecule has 0 unspecified atom stereocenters. The minimum atomic E-state index is 0. The zero-order chi connectivity index (χ0) is 19.8. The molecule has 0 N–H and O–H groups in total. The van der Waals surface area contributed by atoms with Crippen molar-refractivity contribution < 1.29 is 51.0 Å². The third-order valence-electron chi connectivity index (χ3n) is 5.11. The summed E-state index contributed by atoms with van der Waals surface area (Å²) in [6, 6.07) is 21.8. The van der Waals surface area contributed by atoms with Gasteiger partial charge in [0.25, 0.3) is 0 Å². The van der Waals surface area contributed by atoms with Crippen molar-refractivity contribution in [1.82, 2.24) is 0 Å². The van der Waals surface area contributed by atoms with E-state index in [0.717, 1.165) is 22.4 Å². The van der Waals surface area contributed by atoms with Crippen molar-refractivity contribution in [3.63, 3.8) is 0 Å². The van der Waals surface area contributed by atoms with Crippen LogP contribution < -0.4 is 24.8 Å². The van der Waals surface area contributed by atoms with Crippen molar-refractivity contribution in [3.8, 4) is 0 Å². The van der Waals surface area contributed by atoms with E-state index in [1.807, 2.05) is 0 Å². The van der Waals surface area contributed by atoms with Crippen molar-refractivity contribution in [2.45, 2.75) is 53.6 Å². The van der Waals surface area contributed by atoms with E-state index in [2.05, 4.69) is 101 Å². The van der Waals surface area contributed by atoms with Crippen LogP contribution in [0.3, 0.4) is 0 Å². The minimum Gasteiger partial charge on any atom is -1.00 e. The summed E-state index contributed by atoms with van der Waals surface area (Å²) in [5.41, 5.74) is 5.87. The first kappa shape index (κ1) is 31.5. The van der Waals surface area contributed by atoms with Crippen molar-refractivity contribution in [1.29, 1.82) is 0 Å². The number of aryl methyl sites for hydroxylation is 4. The van der Waals surface area contributed by atoms with Gasteiger partial charge in [-0.2, -0.15) is 11.1 Å². The Morgan fingerprint density at radius 1 is 0.667 bits per heavy atom. The number of hydrogen-bond acceptors (Lipinski definition) is 0. The van der Waals surface area contributed by atoms with Crippen LogP contribution in [-0.4, -0.2) is 9.52 Å². The number of rotatable bonds is 2. The van der Waals surface area contributed by atoms with Gasteiger partial charge in [0.1, 0.15) is 0 Å². The molecule has 159 valence electrons. The molecule has 0 fully saturated rings. The topological polar surface area (TPSA) is 0 Å². The van der Waals surface area contributed by atoms with Crippen molar-refractivity contribution in [3.05, 3.63) is 82.9 Å². The molecule has 4 rings (SSSR count). The molecule has 0 nitrogen and oxygen atoms in total. The SMILES string of the molecule is CCc1[cH-]c2ccccc2c1C.CCc1[cH-]c2ccccc2c1C.C[SiH]C.[Cl-].[Cl-].[Zr+4]. The van der Waals surface area contributed by atoms with Gasteiger partial charge in [0.2, 0.25) is 0 Å². The van der Waals surface area contributed by atoms with Crippen LogP contribution in [0.15, 0.2) is 60.7 Å². The first-order valence-corrected chi connectivity index (χ1v) is 12.4. The van der Waals surface area contributed by atoms with Crippen LogP contribution in [0.25, 0.3) is 21.5 Å². The molecule has 0 aliphatic carbocycles. The standard InChI is InChI=1S/2C12H13.C2H7Si.2ClH.Zr/c2*1-3-10-8-11-6-4-5-7-12(11)9(10)2;1-3-2;;;/h2*4-8H,3H2,1-2H3;3H,1-2H3;2*1H;/q2*-1;;;;+4/p-2. The van der Waals surface area contributed by atoms with Crippen molar-refractivity contribution in [2.75, 3.05) is 0 Å². The summed E-state index contributed by atoms with van der Waals surface area (Å²) in [6.45, 7) is 13.3. The van der Waals surface area contributed by atoms with Crippen LogP contribution in [0.2, 0.25) is 13.1 Å². The van der Waals surface area contributed by atoms with Gasteiger partial charge >= 0.3 is 26.2 Å².